The summed E-state index contributed by atoms with van der Waals surface area (Å²) in [5.41, 5.74) is 9.88. The Hall–Kier alpha value is -3.23. The van der Waals surface area contributed by atoms with Crippen LogP contribution in [0.25, 0.3) is 33.9 Å². The first-order valence-corrected chi connectivity index (χ1v) is 9.05. The number of rotatable bonds is 3. The number of benzene rings is 1. The topological polar surface area (TPSA) is 111 Å². The Morgan fingerprint density at radius 3 is 2.71 bits per heavy atom. The number of hydrogen-bond acceptors (Lipinski definition) is 6. The molecule has 0 saturated carbocycles. The van der Waals surface area contributed by atoms with Gasteiger partial charge in [-0.25, -0.2) is 19.9 Å². The number of fused-ring (bicyclic) bond motifs is 2. The minimum absolute atomic E-state index is 0.303. The number of aromatic amines is 1. The SMILES string of the molecule is Nc1ncn(Cc2c(Cl)cncc2Cl)c2nc(-c3ccc4[nH]cnc4c3)nc1-2. The quantitative estimate of drug-likeness (QED) is 0.469. The number of imidazole rings is 2. The molecule has 1 aromatic carbocycles. The molecule has 0 unspecified atom stereocenters. The van der Waals surface area contributed by atoms with Crippen LogP contribution in [0.5, 0.6) is 0 Å². The highest BCUT2D eigenvalue weighted by Crippen LogP contribution is 2.31. The zero-order valence-corrected chi connectivity index (χ0v) is 15.8. The second-order valence-corrected chi connectivity index (χ2v) is 7.01. The van der Waals surface area contributed by atoms with Crippen LogP contribution < -0.4 is 5.73 Å². The van der Waals surface area contributed by atoms with Crippen molar-refractivity contribution in [3.8, 4) is 22.9 Å². The number of pyridine rings is 1. The van der Waals surface area contributed by atoms with Crippen molar-refractivity contribution in [1.29, 1.82) is 0 Å². The highest BCUT2D eigenvalue weighted by molar-refractivity contribution is 6.35. The first kappa shape index (κ1) is 16.9. The van der Waals surface area contributed by atoms with Crippen LogP contribution in [0.2, 0.25) is 10.0 Å². The Labute approximate surface area is 168 Å². The van der Waals surface area contributed by atoms with Gasteiger partial charge in [0.25, 0.3) is 0 Å². The molecule has 0 radical (unpaired) electrons. The van der Waals surface area contributed by atoms with Crippen molar-refractivity contribution in [2.24, 2.45) is 0 Å². The molecule has 2 aliphatic rings. The molecule has 138 valence electrons. The molecule has 4 heterocycles. The average Bonchev–Trinajstić information content (AvgIpc) is 3.33. The summed E-state index contributed by atoms with van der Waals surface area (Å²) in [6.07, 6.45) is 6.34. The summed E-state index contributed by atoms with van der Waals surface area (Å²) < 4.78 is 1.81. The van der Waals surface area contributed by atoms with Gasteiger partial charge in [-0.1, -0.05) is 23.2 Å². The molecule has 10 heteroatoms. The van der Waals surface area contributed by atoms with Crippen LogP contribution in [0.4, 0.5) is 5.82 Å². The molecule has 0 saturated heterocycles. The zero-order valence-electron chi connectivity index (χ0n) is 14.3. The zero-order chi connectivity index (χ0) is 19.3. The Balaban J connectivity index is 1.63. The third-order valence-electron chi connectivity index (χ3n) is 4.45. The van der Waals surface area contributed by atoms with Crippen molar-refractivity contribution in [2.45, 2.75) is 6.54 Å². The van der Waals surface area contributed by atoms with Crippen molar-refractivity contribution in [2.75, 3.05) is 5.73 Å². The molecule has 2 aromatic heterocycles. The van der Waals surface area contributed by atoms with E-state index in [0.29, 0.717) is 39.8 Å². The van der Waals surface area contributed by atoms with Gasteiger partial charge in [0.1, 0.15) is 0 Å². The third kappa shape index (κ3) is 2.74. The normalized spacial score (nSPS) is 11.5. The van der Waals surface area contributed by atoms with Gasteiger partial charge >= 0.3 is 0 Å². The van der Waals surface area contributed by atoms with Crippen LogP contribution in [0.1, 0.15) is 5.56 Å². The second kappa shape index (κ2) is 6.43. The van der Waals surface area contributed by atoms with Gasteiger partial charge < -0.3 is 15.3 Å². The van der Waals surface area contributed by atoms with E-state index in [0.717, 1.165) is 22.2 Å². The highest BCUT2D eigenvalue weighted by Gasteiger charge is 2.21. The molecule has 2 aliphatic heterocycles. The number of anilines is 1. The van der Waals surface area contributed by atoms with E-state index in [4.69, 9.17) is 28.9 Å². The molecule has 0 bridgehead atoms. The van der Waals surface area contributed by atoms with Gasteiger partial charge in [-0.05, 0) is 18.2 Å². The number of aromatic nitrogens is 7. The predicted molar refractivity (Wildman–Crippen MR) is 107 cm³/mol. The Morgan fingerprint density at radius 1 is 1.07 bits per heavy atom. The largest absolute Gasteiger partial charge is 0.382 e. The van der Waals surface area contributed by atoms with Crippen molar-refractivity contribution < 1.29 is 0 Å². The Bertz CT molecular complexity index is 1270. The average molecular weight is 411 g/mol. The van der Waals surface area contributed by atoms with Gasteiger partial charge in [0.05, 0.1) is 40.3 Å². The molecule has 0 spiro atoms. The van der Waals surface area contributed by atoms with Crippen molar-refractivity contribution in [3.63, 3.8) is 0 Å². The number of nitrogens with one attached hydrogen (secondary N) is 1. The van der Waals surface area contributed by atoms with Gasteiger partial charge in [0, 0.05) is 23.5 Å². The lowest BCUT2D eigenvalue weighted by Gasteiger charge is -2.13. The lowest BCUT2D eigenvalue weighted by atomic mass is 10.2. The summed E-state index contributed by atoms with van der Waals surface area (Å²) in [7, 11) is 0. The molecule has 8 nitrogen and oxygen atoms in total. The van der Waals surface area contributed by atoms with Crippen LogP contribution in [0, 0.1) is 0 Å². The fourth-order valence-electron chi connectivity index (χ4n) is 3.03. The fraction of sp³-hybridized carbons (Fsp3) is 0.0556. The summed E-state index contributed by atoms with van der Waals surface area (Å²) in [4.78, 5) is 24.8. The minimum Gasteiger partial charge on any atom is -0.382 e. The highest BCUT2D eigenvalue weighted by atomic mass is 35.5. The van der Waals surface area contributed by atoms with Gasteiger partial charge in [-0.15, -0.1) is 0 Å². The Kier molecular flexibility index (Phi) is 3.88. The number of halogens is 2. The van der Waals surface area contributed by atoms with E-state index in [2.05, 4.69) is 29.9 Å². The molecule has 3 N–H and O–H groups in total. The maximum absolute atomic E-state index is 6.26. The molecular formula is C18H12Cl2N8. The number of hydrogen-bond donors (Lipinski definition) is 2. The van der Waals surface area contributed by atoms with Crippen molar-refractivity contribution in [1.82, 2.24) is 34.5 Å². The molecule has 5 rings (SSSR count). The summed E-state index contributed by atoms with van der Waals surface area (Å²) in [5, 5.41) is 0.933. The van der Waals surface area contributed by atoms with E-state index in [1.165, 1.54) is 0 Å². The second-order valence-electron chi connectivity index (χ2n) is 6.19. The monoisotopic (exact) mass is 410 g/mol. The summed E-state index contributed by atoms with van der Waals surface area (Å²) in [6, 6.07) is 5.79. The Morgan fingerprint density at radius 2 is 1.89 bits per heavy atom. The van der Waals surface area contributed by atoms with Crippen molar-refractivity contribution >= 4 is 40.1 Å². The van der Waals surface area contributed by atoms with Gasteiger partial charge in [-0.2, -0.15) is 0 Å². The van der Waals surface area contributed by atoms with E-state index >= 15 is 0 Å². The summed E-state index contributed by atoms with van der Waals surface area (Å²) in [5.74, 6) is 1.44. The molecular weight excluding hydrogens is 399 g/mol. The van der Waals surface area contributed by atoms with Crippen LogP contribution in [0.15, 0.2) is 43.2 Å². The lowest BCUT2D eigenvalue weighted by Crippen LogP contribution is -2.10. The summed E-state index contributed by atoms with van der Waals surface area (Å²) in [6.45, 7) is 0.362. The maximum atomic E-state index is 6.26. The smallest absolute Gasteiger partial charge is 0.166 e. The van der Waals surface area contributed by atoms with Gasteiger partial charge in [-0.3, -0.25) is 4.98 Å². The van der Waals surface area contributed by atoms with Gasteiger partial charge in [0.15, 0.2) is 23.2 Å². The molecule has 0 amide bonds. The predicted octanol–water partition coefficient (Wildman–Crippen LogP) is 3.65. The first-order chi connectivity index (χ1) is 13.6. The fourth-order valence-corrected chi connectivity index (χ4v) is 3.51. The summed E-state index contributed by atoms with van der Waals surface area (Å²) >= 11 is 12.5. The van der Waals surface area contributed by atoms with Crippen LogP contribution >= 0.6 is 23.2 Å². The van der Waals surface area contributed by atoms with E-state index in [1.807, 2.05) is 22.8 Å². The van der Waals surface area contributed by atoms with E-state index in [9.17, 15) is 0 Å². The van der Waals surface area contributed by atoms with Crippen LogP contribution in [0.3, 0.4) is 0 Å². The first-order valence-electron chi connectivity index (χ1n) is 8.30. The third-order valence-corrected chi connectivity index (χ3v) is 5.10. The lowest BCUT2D eigenvalue weighted by molar-refractivity contribution is 0.762. The molecule has 0 atom stereocenters. The molecule has 0 fully saturated rings. The molecule has 28 heavy (non-hydrogen) atoms. The maximum Gasteiger partial charge on any atom is 0.166 e. The minimum atomic E-state index is 0.303. The van der Waals surface area contributed by atoms with E-state index < -0.39 is 0 Å². The number of nitrogen functional groups attached to an aromatic ring is 1. The van der Waals surface area contributed by atoms with Crippen molar-refractivity contribution in [3.05, 3.63) is 58.9 Å². The standard InChI is InChI=1S/C18H12Cl2N8/c19-11-4-22-5-12(20)10(11)6-28-8-25-16(21)15-18(28)27-17(26-15)9-1-2-13-14(3-9)24-7-23-13/h1-5,7-8H,6,21H2,(H,23,24). The number of H-pyrrole nitrogens is 1. The van der Waals surface area contributed by atoms with E-state index in [-0.39, 0.29) is 0 Å². The molecule has 0 aliphatic carbocycles. The van der Waals surface area contributed by atoms with E-state index in [1.54, 1.807) is 25.0 Å². The van der Waals surface area contributed by atoms with Gasteiger partial charge in [0.2, 0.25) is 0 Å². The number of nitrogens with two attached hydrogens (primary N) is 1. The molecule has 3 aromatic rings. The number of nitrogens with zero attached hydrogens (tertiary/aromatic N) is 6. The van der Waals surface area contributed by atoms with Crippen LogP contribution in [-0.4, -0.2) is 34.5 Å². The van der Waals surface area contributed by atoms with Crippen LogP contribution in [-0.2, 0) is 6.54 Å².